The molecular weight excluding hydrogens is 371 g/mol. The average Bonchev–Trinajstić information content (AvgIpc) is 2.76. The number of rotatable bonds is 7. The normalized spacial score (nSPS) is 15.5. The first-order chi connectivity index (χ1) is 13.8. The summed E-state index contributed by atoms with van der Waals surface area (Å²) >= 11 is 0. The Bertz CT molecular complexity index is 1010. The molecule has 2 atom stereocenters. The Labute approximate surface area is 169 Å². The molecule has 0 saturated heterocycles. The SMILES string of the molecule is CC(NCc1ccc2cc(-c3ccccc3)ccc2c1)(C(=O)NO)[C@](C)(O)CF. The van der Waals surface area contributed by atoms with Gasteiger partial charge in [0, 0.05) is 6.54 Å². The molecule has 152 valence electrons. The van der Waals surface area contributed by atoms with Crippen molar-refractivity contribution in [2.75, 3.05) is 6.67 Å². The molecule has 0 fully saturated rings. The minimum Gasteiger partial charge on any atom is -0.385 e. The zero-order valence-corrected chi connectivity index (χ0v) is 16.4. The van der Waals surface area contributed by atoms with Gasteiger partial charge in [-0.15, -0.1) is 0 Å². The molecule has 0 radical (unpaired) electrons. The monoisotopic (exact) mass is 396 g/mol. The molecular formula is C23H25FN2O3. The van der Waals surface area contributed by atoms with Gasteiger partial charge < -0.3 is 5.11 Å². The summed E-state index contributed by atoms with van der Waals surface area (Å²) in [5.74, 6) is -0.909. The van der Waals surface area contributed by atoms with Crippen LogP contribution in [-0.2, 0) is 11.3 Å². The Morgan fingerprint density at radius 1 is 0.966 bits per heavy atom. The molecule has 5 nitrogen and oxygen atoms in total. The van der Waals surface area contributed by atoms with Crippen molar-refractivity contribution in [2.24, 2.45) is 0 Å². The first-order valence-corrected chi connectivity index (χ1v) is 9.37. The summed E-state index contributed by atoms with van der Waals surface area (Å²) in [4.78, 5) is 12.1. The van der Waals surface area contributed by atoms with E-state index in [0.29, 0.717) is 0 Å². The number of nitrogens with one attached hydrogen (secondary N) is 2. The Kier molecular flexibility index (Phi) is 5.98. The molecule has 3 aromatic rings. The van der Waals surface area contributed by atoms with Gasteiger partial charge in [-0.25, -0.2) is 9.87 Å². The summed E-state index contributed by atoms with van der Waals surface area (Å²) < 4.78 is 13.3. The number of hydroxylamine groups is 1. The predicted octanol–water partition coefficient (Wildman–Crippen LogP) is 3.58. The largest absolute Gasteiger partial charge is 0.385 e. The van der Waals surface area contributed by atoms with Crippen LogP contribution in [0.25, 0.3) is 21.9 Å². The summed E-state index contributed by atoms with van der Waals surface area (Å²) in [7, 11) is 0. The zero-order valence-electron chi connectivity index (χ0n) is 16.4. The third kappa shape index (κ3) is 4.15. The van der Waals surface area contributed by atoms with Gasteiger partial charge in [-0.3, -0.25) is 15.3 Å². The lowest BCUT2D eigenvalue weighted by atomic mass is 9.82. The quantitative estimate of drug-likeness (QED) is 0.363. The second-order valence-electron chi connectivity index (χ2n) is 7.59. The summed E-state index contributed by atoms with van der Waals surface area (Å²) in [5, 5.41) is 24.3. The van der Waals surface area contributed by atoms with Crippen LogP contribution in [0.3, 0.4) is 0 Å². The van der Waals surface area contributed by atoms with E-state index in [1.54, 1.807) is 0 Å². The highest BCUT2D eigenvalue weighted by Crippen LogP contribution is 2.27. The fourth-order valence-corrected chi connectivity index (χ4v) is 3.25. The number of amides is 1. The Morgan fingerprint density at radius 2 is 1.62 bits per heavy atom. The molecule has 3 aromatic carbocycles. The number of aliphatic hydroxyl groups is 1. The van der Waals surface area contributed by atoms with E-state index in [9.17, 15) is 14.3 Å². The van der Waals surface area contributed by atoms with Gasteiger partial charge in [-0.1, -0.05) is 54.6 Å². The van der Waals surface area contributed by atoms with Crippen LogP contribution in [-0.4, -0.2) is 34.0 Å². The van der Waals surface area contributed by atoms with Crippen LogP contribution in [0.5, 0.6) is 0 Å². The van der Waals surface area contributed by atoms with Crippen LogP contribution >= 0.6 is 0 Å². The van der Waals surface area contributed by atoms with Crippen molar-refractivity contribution in [1.82, 2.24) is 10.8 Å². The van der Waals surface area contributed by atoms with E-state index in [2.05, 4.69) is 23.5 Å². The number of benzene rings is 3. The molecule has 0 aliphatic carbocycles. The lowest BCUT2D eigenvalue weighted by Gasteiger charge is -2.39. The Hall–Kier alpha value is -2.80. The zero-order chi connectivity index (χ0) is 21.1. The lowest BCUT2D eigenvalue weighted by Crippen LogP contribution is -2.68. The van der Waals surface area contributed by atoms with E-state index in [0.717, 1.165) is 27.5 Å². The van der Waals surface area contributed by atoms with Crippen molar-refractivity contribution < 1.29 is 19.5 Å². The maximum Gasteiger partial charge on any atom is 0.266 e. The van der Waals surface area contributed by atoms with Crippen molar-refractivity contribution in [2.45, 2.75) is 31.5 Å². The fourth-order valence-electron chi connectivity index (χ4n) is 3.25. The number of carbonyl (C=O) groups excluding carboxylic acids is 1. The van der Waals surface area contributed by atoms with Crippen molar-refractivity contribution in [3.05, 3.63) is 72.3 Å². The molecule has 1 unspecified atom stereocenters. The Morgan fingerprint density at radius 3 is 2.28 bits per heavy atom. The molecule has 0 aliphatic heterocycles. The molecule has 1 amide bonds. The summed E-state index contributed by atoms with van der Waals surface area (Å²) in [6.07, 6.45) is 0. The maximum atomic E-state index is 13.3. The van der Waals surface area contributed by atoms with E-state index in [-0.39, 0.29) is 6.54 Å². The van der Waals surface area contributed by atoms with Gasteiger partial charge in [0.1, 0.15) is 17.8 Å². The van der Waals surface area contributed by atoms with Gasteiger partial charge in [-0.05, 0) is 53.4 Å². The second kappa shape index (κ2) is 8.29. The van der Waals surface area contributed by atoms with Crippen LogP contribution in [0.2, 0.25) is 0 Å². The number of carbonyl (C=O) groups is 1. The van der Waals surface area contributed by atoms with Gasteiger partial charge in [-0.2, -0.15) is 0 Å². The number of alkyl halides is 1. The first kappa shape index (κ1) is 20.9. The van der Waals surface area contributed by atoms with Gasteiger partial charge in [0.05, 0.1) is 0 Å². The van der Waals surface area contributed by atoms with Crippen LogP contribution in [0.4, 0.5) is 4.39 Å². The summed E-state index contributed by atoms with van der Waals surface area (Å²) in [5.41, 5.74) is 0.904. The highest BCUT2D eigenvalue weighted by Gasteiger charge is 2.49. The van der Waals surface area contributed by atoms with E-state index >= 15 is 0 Å². The molecule has 29 heavy (non-hydrogen) atoms. The second-order valence-corrected chi connectivity index (χ2v) is 7.59. The topological polar surface area (TPSA) is 81.6 Å². The van der Waals surface area contributed by atoms with Crippen molar-refractivity contribution >= 4 is 16.7 Å². The Balaban J connectivity index is 1.84. The summed E-state index contributed by atoms with van der Waals surface area (Å²) in [6.45, 7) is 1.62. The minimum absolute atomic E-state index is 0.205. The van der Waals surface area contributed by atoms with Crippen molar-refractivity contribution in [1.29, 1.82) is 0 Å². The van der Waals surface area contributed by atoms with Crippen molar-refractivity contribution in [3.63, 3.8) is 0 Å². The number of halogens is 1. The van der Waals surface area contributed by atoms with E-state index in [1.807, 2.05) is 48.5 Å². The predicted molar refractivity (Wildman–Crippen MR) is 111 cm³/mol. The molecule has 0 aromatic heterocycles. The molecule has 4 N–H and O–H groups in total. The van der Waals surface area contributed by atoms with E-state index < -0.39 is 23.7 Å². The average molecular weight is 396 g/mol. The van der Waals surface area contributed by atoms with E-state index in [4.69, 9.17) is 5.21 Å². The van der Waals surface area contributed by atoms with Gasteiger partial charge in [0.15, 0.2) is 0 Å². The van der Waals surface area contributed by atoms with Crippen LogP contribution in [0.1, 0.15) is 19.4 Å². The number of hydrogen-bond donors (Lipinski definition) is 4. The van der Waals surface area contributed by atoms with Gasteiger partial charge >= 0.3 is 0 Å². The molecule has 3 rings (SSSR count). The standard InChI is InChI=1S/C23H25FN2O3/c1-22(28,15-24)23(2,21(27)26-29)25-14-16-8-9-20-13-19(11-10-18(20)12-16)17-6-4-3-5-7-17/h3-13,25,28-29H,14-15H2,1-2H3,(H,26,27)/t22-,23?/m1/s1. The first-order valence-electron chi connectivity index (χ1n) is 9.37. The third-order valence-electron chi connectivity index (χ3n) is 5.55. The van der Waals surface area contributed by atoms with Crippen molar-refractivity contribution in [3.8, 4) is 11.1 Å². The number of hydrogen-bond acceptors (Lipinski definition) is 4. The highest BCUT2D eigenvalue weighted by atomic mass is 19.1. The smallest absolute Gasteiger partial charge is 0.266 e. The lowest BCUT2D eigenvalue weighted by molar-refractivity contribution is -0.148. The van der Waals surface area contributed by atoms with Gasteiger partial charge in [0.25, 0.3) is 5.91 Å². The number of fused-ring (bicyclic) bond motifs is 1. The van der Waals surface area contributed by atoms with Gasteiger partial charge in [0.2, 0.25) is 0 Å². The third-order valence-corrected chi connectivity index (χ3v) is 5.55. The molecule has 0 spiro atoms. The molecule has 0 aliphatic rings. The molecule has 0 heterocycles. The van der Waals surface area contributed by atoms with Crippen LogP contribution in [0, 0.1) is 0 Å². The van der Waals surface area contributed by atoms with E-state index in [1.165, 1.54) is 19.3 Å². The fraction of sp³-hybridized carbons (Fsp3) is 0.261. The highest BCUT2D eigenvalue weighted by molar-refractivity contribution is 5.88. The van der Waals surface area contributed by atoms with Crippen LogP contribution < -0.4 is 10.8 Å². The molecule has 6 heteroatoms. The van der Waals surface area contributed by atoms with Crippen LogP contribution in [0.15, 0.2) is 66.7 Å². The maximum absolute atomic E-state index is 13.3. The molecule has 0 bridgehead atoms. The molecule has 0 saturated carbocycles. The minimum atomic E-state index is -2.00. The summed E-state index contributed by atoms with van der Waals surface area (Å²) in [6, 6.07) is 22.1.